The number of phenolic OH excluding ortho intramolecular Hbond substituents is 1. The molecule has 0 aromatic heterocycles. The summed E-state index contributed by atoms with van der Waals surface area (Å²) < 4.78 is 58.8. The predicted octanol–water partition coefficient (Wildman–Crippen LogP) is 4.18. The molecule has 4 rings (SSSR count). The number of likely N-dealkylation sites (tertiary alicyclic amines) is 1. The van der Waals surface area contributed by atoms with Gasteiger partial charge in [0.1, 0.15) is 23.4 Å². The van der Waals surface area contributed by atoms with Crippen molar-refractivity contribution in [2.24, 2.45) is 5.41 Å². The number of aliphatic hydroxyl groups is 1. The van der Waals surface area contributed by atoms with E-state index in [0.717, 1.165) is 19.9 Å². The van der Waals surface area contributed by atoms with Crippen LogP contribution in [0.3, 0.4) is 0 Å². The number of aryl methyl sites for hydroxylation is 1. The molecule has 3 aromatic rings. The number of nitrogens with one attached hydrogen (secondary N) is 2. The molecule has 8 nitrogen and oxygen atoms in total. The summed E-state index contributed by atoms with van der Waals surface area (Å²) >= 11 is 0. The topological polar surface area (TPSA) is 119 Å². The van der Waals surface area contributed by atoms with E-state index in [-0.39, 0.29) is 41.0 Å². The maximum absolute atomic E-state index is 15.3. The van der Waals surface area contributed by atoms with Gasteiger partial charge in [-0.1, -0.05) is 44.2 Å². The summed E-state index contributed by atoms with van der Waals surface area (Å²) in [4.78, 5) is 41.1. The quantitative estimate of drug-likeness (QED) is 0.265. The highest BCUT2D eigenvalue weighted by atomic mass is 19.3. The minimum Gasteiger partial charge on any atom is -0.508 e. The van der Waals surface area contributed by atoms with Crippen LogP contribution >= 0.6 is 0 Å². The molecule has 3 amide bonds. The summed E-state index contributed by atoms with van der Waals surface area (Å²) in [6.07, 6.45) is -2.44. The molecule has 0 radical (unpaired) electrons. The molecule has 12 heteroatoms. The van der Waals surface area contributed by atoms with E-state index in [1.165, 1.54) is 61.5 Å². The molecule has 0 aliphatic carbocycles. The van der Waals surface area contributed by atoms with E-state index in [1.54, 1.807) is 6.92 Å². The van der Waals surface area contributed by atoms with Crippen LogP contribution in [0.15, 0.2) is 60.7 Å². The van der Waals surface area contributed by atoms with Crippen molar-refractivity contribution in [2.75, 3.05) is 6.54 Å². The van der Waals surface area contributed by atoms with Crippen LogP contribution in [-0.4, -0.2) is 63.5 Å². The van der Waals surface area contributed by atoms with E-state index in [0.29, 0.717) is 10.5 Å². The standard InChI is InChI=1S/C33H35F4N3O5/c1-18-12-23(19(2)26(41)13-18)29(43)39-25(15-20-8-7-10-22(34)14-20)27(42)31(45)40-17-33(36,37)32(3,4)28(40)30(44)38-16-21-9-5-6-11-24(21)35/h5-14,25,27-28,41-42H,15-17H2,1-4H3,(H,38,44)(H,39,43)/t25?,27-,28+/m0/s1. The van der Waals surface area contributed by atoms with Crippen LogP contribution in [0.2, 0.25) is 0 Å². The first kappa shape index (κ1) is 33.4. The molecule has 1 unspecified atom stereocenters. The summed E-state index contributed by atoms with van der Waals surface area (Å²) in [7, 11) is 0. The molecule has 1 fully saturated rings. The third-order valence-corrected chi connectivity index (χ3v) is 8.31. The molecule has 3 aromatic carbocycles. The first-order valence-electron chi connectivity index (χ1n) is 14.3. The number of amides is 3. The summed E-state index contributed by atoms with van der Waals surface area (Å²) in [6, 6.07) is 10.5. The average Bonchev–Trinajstić information content (AvgIpc) is 3.16. The molecular weight excluding hydrogens is 594 g/mol. The Morgan fingerprint density at radius 3 is 2.38 bits per heavy atom. The van der Waals surface area contributed by atoms with Crippen LogP contribution in [0, 0.1) is 30.9 Å². The van der Waals surface area contributed by atoms with Gasteiger partial charge in [-0.2, -0.15) is 0 Å². The molecule has 0 bridgehead atoms. The van der Waals surface area contributed by atoms with E-state index in [9.17, 15) is 33.4 Å². The molecule has 1 aliphatic rings. The lowest BCUT2D eigenvalue weighted by molar-refractivity contribution is -0.148. The van der Waals surface area contributed by atoms with Crippen molar-refractivity contribution >= 4 is 17.7 Å². The fourth-order valence-corrected chi connectivity index (χ4v) is 5.52. The number of hydrogen-bond donors (Lipinski definition) is 4. The third kappa shape index (κ3) is 6.95. The first-order valence-corrected chi connectivity index (χ1v) is 14.3. The first-order chi connectivity index (χ1) is 21.0. The van der Waals surface area contributed by atoms with Crippen molar-refractivity contribution in [3.8, 4) is 5.75 Å². The van der Waals surface area contributed by atoms with E-state index in [1.807, 2.05) is 0 Å². The predicted molar refractivity (Wildman–Crippen MR) is 157 cm³/mol. The summed E-state index contributed by atoms with van der Waals surface area (Å²) in [5.74, 6) is -8.01. The Kier molecular flexibility index (Phi) is 9.57. The lowest BCUT2D eigenvalue weighted by atomic mass is 9.81. The van der Waals surface area contributed by atoms with Gasteiger partial charge in [-0.3, -0.25) is 14.4 Å². The summed E-state index contributed by atoms with van der Waals surface area (Å²) in [6.45, 7) is 3.81. The molecule has 1 saturated heterocycles. The van der Waals surface area contributed by atoms with Gasteiger partial charge in [0.05, 0.1) is 18.0 Å². The lowest BCUT2D eigenvalue weighted by Crippen LogP contribution is -2.57. The van der Waals surface area contributed by atoms with Crippen molar-refractivity contribution in [2.45, 2.75) is 64.8 Å². The highest BCUT2D eigenvalue weighted by molar-refractivity contribution is 5.97. The van der Waals surface area contributed by atoms with Crippen LogP contribution in [0.1, 0.15) is 46.5 Å². The van der Waals surface area contributed by atoms with E-state index < -0.39 is 65.4 Å². The van der Waals surface area contributed by atoms with Gasteiger partial charge >= 0.3 is 0 Å². The number of hydrogen-bond acceptors (Lipinski definition) is 5. The summed E-state index contributed by atoms with van der Waals surface area (Å²) in [5.41, 5.74) is -0.915. The number of alkyl halides is 2. The molecule has 4 N–H and O–H groups in total. The Morgan fingerprint density at radius 1 is 1.02 bits per heavy atom. The Labute approximate surface area is 258 Å². The smallest absolute Gasteiger partial charge is 0.272 e. The highest BCUT2D eigenvalue weighted by Crippen LogP contribution is 2.48. The number of aliphatic hydroxyl groups excluding tert-OH is 1. The fourth-order valence-electron chi connectivity index (χ4n) is 5.52. The van der Waals surface area contributed by atoms with Crippen LogP contribution in [0.5, 0.6) is 5.75 Å². The van der Waals surface area contributed by atoms with Crippen LogP contribution in [0.4, 0.5) is 17.6 Å². The van der Waals surface area contributed by atoms with Crippen LogP contribution in [-0.2, 0) is 22.6 Å². The van der Waals surface area contributed by atoms with E-state index in [4.69, 9.17) is 0 Å². The second kappa shape index (κ2) is 12.9. The second-order valence-electron chi connectivity index (χ2n) is 11.9. The van der Waals surface area contributed by atoms with E-state index >= 15 is 8.78 Å². The van der Waals surface area contributed by atoms with Gasteiger partial charge in [0, 0.05) is 23.2 Å². The van der Waals surface area contributed by atoms with Crippen LogP contribution < -0.4 is 10.6 Å². The summed E-state index contributed by atoms with van der Waals surface area (Å²) in [5, 5.41) is 26.5. The van der Waals surface area contributed by atoms with Crippen molar-refractivity contribution < 1.29 is 42.2 Å². The largest absolute Gasteiger partial charge is 0.508 e. The highest BCUT2D eigenvalue weighted by Gasteiger charge is 2.64. The number of phenols is 1. The number of rotatable bonds is 9. The number of carbonyl (C=O) groups excluding carboxylic acids is 3. The third-order valence-electron chi connectivity index (χ3n) is 8.31. The Balaban J connectivity index is 1.65. The number of carbonyl (C=O) groups is 3. The lowest BCUT2D eigenvalue weighted by Gasteiger charge is -2.34. The minimum atomic E-state index is -3.57. The van der Waals surface area contributed by atoms with Crippen molar-refractivity contribution in [3.63, 3.8) is 0 Å². The number of benzene rings is 3. The fraction of sp³-hybridized carbons (Fsp3) is 0.364. The maximum Gasteiger partial charge on any atom is 0.272 e. The van der Waals surface area contributed by atoms with E-state index in [2.05, 4.69) is 10.6 Å². The van der Waals surface area contributed by atoms with Crippen molar-refractivity contribution in [1.29, 1.82) is 0 Å². The molecule has 1 heterocycles. The molecule has 1 aliphatic heterocycles. The maximum atomic E-state index is 15.3. The van der Waals surface area contributed by atoms with Gasteiger partial charge in [0.2, 0.25) is 5.91 Å². The second-order valence-corrected chi connectivity index (χ2v) is 11.9. The van der Waals surface area contributed by atoms with Crippen molar-refractivity contribution in [3.05, 3.63) is 100 Å². The molecule has 0 saturated carbocycles. The zero-order valence-corrected chi connectivity index (χ0v) is 25.2. The molecule has 45 heavy (non-hydrogen) atoms. The Bertz CT molecular complexity index is 1610. The van der Waals surface area contributed by atoms with Gasteiger partial charge in [0.25, 0.3) is 17.7 Å². The van der Waals surface area contributed by atoms with Gasteiger partial charge in [-0.05, 0) is 61.7 Å². The SMILES string of the molecule is Cc1cc(O)c(C)c(C(=O)NC(Cc2cccc(F)c2)[C@H](O)C(=O)N2CC(F)(F)C(C)(C)[C@H]2C(=O)NCc2ccccc2F)c1. The molecule has 240 valence electrons. The normalized spacial score (nSPS) is 18.2. The Hall–Kier alpha value is -4.45. The van der Waals surface area contributed by atoms with Crippen LogP contribution in [0.25, 0.3) is 0 Å². The van der Waals surface area contributed by atoms with Gasteiger partial charge in [0.15, 0.2) is 6.10 Å². The van der Waals surface area contributed by atoms with Gasteiger partial charge in [-0.15, -0.1) is 0 Å². The van der Waals surface area contributed by atoms with Gasteiger partial charge in [-0.25, -0.2) is 17.6 Å². The average molecular weight is 630 g/mol. The molecular formula is C33H35F4N3O5. The number of aromatic hydroxyl groups is 1. The number of halogens is 4. The zero-order chi connectivity index (χ0) is 33.3. The Morgan fingerprint density at radius 2 is 1.71 bits per heavy atom. The zero-order valence-electron chi connectivity index (χ0n) is 25.2. The van der Waals surface area contributed by atoms with Gasteiger partial charge < -0.3 is 25.7 Å². The van der Waals surface area contributed by atoms with Crippen molar-refractivity contribution in [1.82, 2.24) is 15.5 Å². The molecule has 0 spiro atoms. The molecule has 3 atom stereocenters. The minimum absolute atomic E-state index is 0.0376. The monoisotopic (exact) mass is 629 g/mol. The number of nitrogens with zero attached hydrogens (tertiary/aromatic N) is 1.